The van der Waals surface area contributed by atoms with Crippen LogP contribution in [0.4, 0.5) is 0 Å². The fourth-order valence-corrected chi connectivity index (χ4v) is 14.0. The van der Waals surface area contributed by atoms with Crippen molar-refractivity contribution >= 4 is 33.4 Å². The molecule has 4 saturated carbocycles. The van der Waals surface area contributed by atoms with Crippen molar-refractivity contribution in [2.24, 2.45) is 56.7 Å². The van der Waals surface area contributed by atoms with E-state index in [9.17, 15) is 9.59 Å². The lowest BCUT2D eigenvalue weighted by atomic mass is 9.32. The van der Waals surface area contributed by atoms with Gasteiger partial charge in [-0.25, -0.2) is 4.79 Å². The third-order valence-electron chi connectivity index (χ3n) is 16.2. The third kappa shape index (κ3) is 6.13. The van der Waals surface area contributed by atoms with Gasteiger partial charge >= 0.3 is 11.9 Å². The zero-order chi connectivity index (χ0) is 38.2. The zero-order valence-corrected chi connectivity index (χ0v) is 35.2. The predicted octanol–water partition coefficient (Wildman–Crippen LogP) is 12.4. The van der Waals surface area contributed by atoms with Gasteiger partial charge in [-0.1, -0.05) is 111 Å². The maximum Gasteiger partial charge on any atom is 0.338 e. The molecule has 0 unspecified atom stereocenters. The van der Waals surface area contributed by atoms with Gasteiger partial charge in [0.25, 0.3) is 0 Å². The molecule has 9 atom stereocenters. The molecule has 0 bridgehead atoms. The van der Waals surface area contributed by atoms with Crippen molar-refractivity contribution in [2.45, 2.75) is 125 Å². The number of esters is 2. The van der Waals surface area contributed by atoms with Crippen LogP contribution in [0.3, 0.4) is 0 Å². The Labute approximate surface area is 328 Å². The van der Waals surface area contributed by atoms with Gasteiger partial charge in [0.05, 0.1) is 11.0 Å². The van der Waals surface area contributed by atoms with E-state index < -0.39 is 11.0 Å². The maximum absolute atomic E-state index is 14.4. The molecule has 4 nitrogen and oxygen atoms in total. The molecule has 5 aliphatic rings. The standard InChI is InChI=1S/C48H63BrO4/c1-31(29-49)35-21-26-48(42(51)52-30-32-13-11-10-12-14-32)28-27-46(8)37(40(35)48)19-20-39-45(7)24-22-36(44(5,6)38(45)23-25-47(39,46)9)33-15-17-34(18-16-33)41(50)53-43(2,3)4/h10-18,22,35,37-40H,1,19-21,23-30H2,2-9H3/t35-,37+,38-,39+,40+,45-,46+,47+,48-/m0/s1. The summed E-state index contributed by atoms with van der Waals surface area (Å²) in [5.41, 5.74) is 5.09. The largest absolute Gasteiger partial charge is 0.460 e. The number of fused-ring (bicyclic) bond motifs is 7. The first-order chi connectivity index (χ1) is 24.9. The summed E-state index contributed by atoms with van der Waals surface area (Å²) in [5, 5.41) is 0.792. The molecule has 286 valence electrons. The van der Waals surface area contributed by atoms with E-state index in [1.165, 1.54) is 42.4 Å². The first-order valence-electron chi connectivity index (χ1n) is 20.4. The molecule has 0 aromatic heterocycles. The molecule has 0 spiro atoms. The summed E-state index contributed by atoms with van der Waals surface area (Å²) in [5.74, 6) is 2.02. The summed E-state index contributed by atoms with van der Waals surface area (Å²) >= 11 is 3.78. The topological polar surface area (TPSA) is 52.6 Å². The highest BCUT2D eigenvalue weighted by atomic mass is 79.9. The summed E-state index contributed by atoms with van der Waals surface area (Å²) in [7, 11) is 0. The Morgan fingerprint density at radius 1 is 0.830 bits per heavy atom. The summed E-state index contributed by atoms with van der Waals surface area (Å²) < 4.78 is 11.9. The summed E-state index contributed by atoms with van der Waals surface area (Å²) in [4.78, 5) is 27.2. The molecule has 0 saturated heterocycles. The molecule has 0 N–H and O–H groups in total. The van der Waals surface area contributed by atoms with Gasteiger partial charge < -0.3 is 9.47 Å². The number of halogens is 1. The van der Waals surface area contributed by atoms with E-state index in [1.807, 2.05) is 51.1 Å². The molecular weight excluding hydrogens is 720 g/mol. The van der Waals surface area contributed by atoms with Crippen molar-refractivity contribution in [2.75, 3.05) is 5.33 Å². The van der Waals surface area contributed by atoms with Gasteiger partial charge in [-0.2, -0.15) is 0 Å². The van der Waals surface area contributed by atoms with Crippen LogP contribution in [0.1, 0.15) is 135 Å². The SMILES string of the molecule is C=C(CBr)[C@@H]1CC[C@]2(C(=O)OCc3ccccc3)CC[C@]3(C)[C@H](CC[C@@H]4[C@@]5(C)CC=C(c6ccc(C(=O)OC(C)(C)C)cc6)C(C)(C)[C@@H]5CC[C@]43C)[C@@H]12. The smallest absolute Gasteiger partial charge is 0.338 e. The van der Waals surface area contributed by atoms with Crippen molar-refractivity contribution in [3.05, 3.63) is 89.5 Å². The van der Waals surface area contributed by atoms with E-state index >= 15 is 0 Å². The van der Waals surface area contributed by atoms with Crippen LogP contribution in [0.25, 0.3) is 5.57 Å². The quantitative estimate of drug-likeness (QED) is 0.159. The lowest BCUT2D eigenvalue weighted by Gasteiger charge is -2.72. The van der Waals surface area contributed by atoms with Crippen LogP contribution in [0.5, 0.6) is 0 Å². The van der Waals surface area contributed by atoms with Crippen molar-refractivity contribution in [1.82, 2.24) is 0 Å². The van der Waals surface area contributed by atoms with E-state index in [4.69, 9.17) is 9.47 Å². The van der Waals surface area contributed by atoms with Crippen molar-refractivity contribution < 1.29 is 19.1 Å². The van der Waals surface area contributed by atoms with Crippen molar-refractivity contribution in [3.63, 3.8) is 0 Å². The highest BCUT2D eigenvalue weighted by Crippen LogP contribution is 2.78. The van der Waals surface area contributed by atoms with E-state index in [0.29, 0.717) is 35.8 Å². The molecule has 5 heteroatoms. The van der Waals surface area contributed by atoms with Crippen molar-refractivity contribution in [3.8, 4) is 0 Å². The minimum Gasteiger partial charge on any atom is -0.460 e. The van der Waals surface area contributed by atoms with Gasteiger partial charge in [0.15, 0.2) is 0 Å². The second-order valence-corrected chi connectivity index (χ2v) is 20.5. The molecule has 4 fully saturated rings. The van der Waals surface area contributed by atoms with Gasteiger partial charge in [-0.05, 0) is 159 Å². The second kappa shape index (κ2) is 13.5. The zero-order valence-electron chi connectivity index (χ0n) is 33.7. The monoisotopic (exact) mass is 782 g/mol. The van der Waals surface area contributed by atoms with Gasteiger partial charge in [-0.15, -0.1) is 0 Å². The molecule has 53 heavy (non-hydrogen) atoms. The number of carbonyl (C=O) groups is 2. The highest BCUT2D eigenvalue weighted by molar-refractivity contribution is 9.09. The lowest BCUT2D eigenvalue weighted by molar-refractivity contribution is -0.229. The predicted molar refractivity (Wildman–Crippen MR) is 218 cm³/mol. The van der Waals surface area contributed by atoms with Gasteiger partial charge in [0.2, 0.25) is 0 Å². The minimum atomic E-state index is -0.518. The van der Waals surface area contributed by atoms with E-state index in [1.54, 1.807) is 0 Å². The lowest BCUT2D eigenvalue weighted by Crippen LogP contribution is -2.66. The molecule has 0 heterocycles. The number of benzene rings is 2. The Bertz CT molecular complexity index is 1770. The Balaban J connectivity index is 1.17. The van der Waals surface area contributed by atoms with Crippen molar-refractivity contribution in [1.29, 1.82) is 0 Å². The summed E-state index contributed by atoms with van der Waals surface area (Å²) in [6.45, 7) is 23.6. The number of hydrogen-bond acceptors (Lipinski definition) is 4. The number of rotatable bonds is 7. The average molecular weight is 784 g/mol. The Morgan fingerprint density at radius 2 is 1.53 bits per heavy atom. The van der Waals surface area contributed by atoms with Crippen LogP contribution in [0.2, 0.25) is 0 Å². The first-order valence-corrected chi connectivity index (χ1v) is 21.5. The van der Waals surface area contributed by atoms with Gasteiger partial charge in [-0.3, -0.25) is 4.79 Å². The molecular formula is C48H63BrO4. The van der Waals surface area contributed by atoms with E-state index in [0.717, 1.165) is 43.0 Å². The van der Waals surface area contributed by atoms with Gasteiger partial charge in [0, 0.05) is 5.33 Å². The summed E-state index contributed by atoms with van der Waals surface area (Å²) in [6, 6.07) is 18.3. The van der Waals surface area contributed by atoms with Crippen LogP contribution in [0, 0.1) is 56.7 Å². The van der Waals surface area contributed by atoms with Crippen LogP contribution in [-0.2, 0) is 20.9 Å². The number of alkyl halides is 1. The molecule has 2 aromatic carbocycles. The molecule has 0 aliphatic heterocycles. The number of ether oxygens (including phenoxy) is 2. The fourth-order valence-electron chi connectivity index (χ4n) is 13.6. The minimum absolute atomic E-state index is 0.00604. The Morgan fingerprint density at radius 3 is 2.19 bits per heavy atom. The van der Waals surface area contributed by atoms with Crippen LogP contribution in [0.15, 0.2) is 72.8 Å². The third-order valence-corrected chi connectivity index (χ3v) is 16.9. The van der Waals surface area contributed by atoms with Crippen LogP contribution >= 0.6 is 15.9 Å². The molecule has 0 amide bonds. The number of allylic oxidation sites excluding steroid dienone is 3. The summed E-state index contributed by atoms with van der Waals surface area (Å²) in [6.07, 6.45) is 12.4. The number of hydrogen-bond donors (Lipinski definition) is 0. The highest BCUT2D eigenvalue weighted by Gasteiger charge is 2.72. The second-order valence-electron chi connectivity index (χ2n) is 20.0. The first kappa shape index (κ1) is 38.6. The molecule has 2 aromatic rings. The maximum atomic E-state index is 14.4. The fraction of sp³-hybridized carbons (Fsp3) is 0.625. The van der Waals surface area contributed by atoms with Gasteiger partial charge in [0.1, 0.15) is 12.2 Å². The van der Waals surface area contributed by atoms with Crippen LogP contribution in [-0.4, -0.2) is 22.9 Å². The van der Waals surface area contributed by atoms with E-state index in [-0.39, 0.29) is 39.5 Å². The molecule has 7 rings (SSSR count). The molecule has 0 radical (unpaired) electrons. The normalized spacial score (nSPS) is 37.2. The number of carbonyl (C=O) groups excluding carboxylic acids is 2. The molecule has 5 aliphatic carbocycles. The van der Waals surface area contributed by atoms with Crippen LogP contribution < -0.4 is 0 Å². The van der Waals surface area contributed by atoms with E-state index in [2.05, 4.69) is 87.5 Å². The Hall–Kier alpha value is -2.66. The average Bonchev–Trinajstić information content (AvgIpc) is 3.51. The Kier molecular flexibility index (Phi) is 9.85.